The van der Waals surface area contributed by atoms with Crippen molar-refractivity contribution in [3.8, 4) is 11.3 Å². The van der Waals surface area contributed by atoms with E-state index in [1.165, 1.54) is 0 Å². The number of hydrogen-bond acceptors (Lipinski definition) is 3. The van der Waals surface area contributed by atoms with Crippen LogP contribution in [0.2, 0.25) is 10.0 Å². The molecule has 0 aliphatic heterocycles. The van der Waals surface area contributed by atoms with Gasteiger partial charge in [0.2, 0.25) is 0 Å². The van der Waals surface area contributed by atoms with Gasteiger partial charge in [0.05, 0.1) is 5.02 Å². The molecule has 0 atom stereocenters. The third-order valence-corrected chi connectivity index (χ3v) is 5.19. The first-order valence-corrected chi connectivity index (χ1v) is 9.55. The van der Waals surface area contributed by atoms with Crippen molar-refractivity contribution in [1.82, 2.24) is 15.5 Å². The second kappa shape index (κ2) is 7.70. The SMILES string of the molecule is Cc1onc(-c2ccccc2Cl)c1C(=O)NCCc1c[nH]c2ccc(Cl)cc12. The molecule has 0 aliphatic rings. The van der Waals surface area contributed by atoms with Crippen molar-refractivity contribution in [2.24, 2.45) is 0 Å². The summed E-state index contributed by atoms with van der Waals surface area (Å²) in [5.74, 6) is 0.206. The number of carbonyl (C=O) groups is 1. The Morgan fingerprint density at radius 1 is 1.21 bits per heavy atom. The fourth-order valence-corrected chi connectivity index (χ4v) is 3.63. The zero-order valence-electron chi connectivity index (χ0n) is 15.1. The third-order valence-electron chi connectivity index (χ3n) is 4.63. The van der Waals surface area contributed by atoms with Crippen LogP contribution in [-0.4, -0.2) is 22.6 Å². The van der Waals surface area contributed by atoms with Gasteiger partial charge in [-0.05, 0) is 43.2 Å². The number of aryl methyl sites for hydroxylation is 1. The molecule has 2 N–H and O–H groups in total. The Morgan fingerprint density at radius 3 is 2.86 bits per heavy atom. The Labute approximate surface area is 171 Å². The average molecular weight is 414 g/mol. The highest BCUT2D eigenvalue weighted by atomic mass is 35.5. The lowest BCUT2D eigenvalue weighted by Crippen LogP contribution is -2.26. The van der Waals surface area contributed by atoms with Crippen LogP contribution < -0.4 is 5.32 Å². The molecular formula is C21H17Cl2N3O2. The van der Waals surface area contributed by atoms with Crippen molar-refractivity contribution in [3.63, 3.8) is 0 Å². The molecule has 2 aromatic heterocycles. The molecule has 2 heterocycles. The number of carbonyl (C=O) groups excluding carboxylic acids is 1. The number of aromatic nitrogens is 2. The van der Waals surface area contributed by atoms with E-state index in [0.717, 1.165) is 16.5 Å². The van der Waals surface area contributed by atoms with E-state index in [1.807, 2.05) is 42.6 Å². The molecule has 5 nitrogen and oxygen atoms in total. The molecule has 1 amide bonds. The lowest BCUT2D eigenvalue weighted by Gasteiger charge is -2.07. The third kappa shape index (κ3) is 3.51. The molecule has 142 valence electrons. The molecule has 0 fully saturated rings. The monoisotopic (exact) mass is 413 g/mol. The summed E-state index contributed by atoms with van der Waals surface area (Å²) < 4.78 is 5.26. The quantitative estimate of drug-likeness (QED) is 0.459. The lowest BCUT2D eigenvalue weighted by atomic mass is 10.1. The average Bonchev–Trinajstić information content (AvgIpc) is 3.25. The van der Waals surface area contributed by atoms with Gasteiger partial charge in [-0.25, -0.2) is 0 Å². The highest BCUT2D eigenvalue weighted by Crippen LogP contribution is 2.31. The molecular weight excluding hydrogens is 397 g/mol. The second-order valence-electron chi connectivity index (χ2n) is 6.45. The number of nitrogens with one attached hydrogen (secondary N) is 2. The van der Waals surface area contributed by atoms with Gasteiger partial charge in [-0.15, -0.1) is 0 Å². The maximum absolute atomic E-state index is 12.8. The normalized spacial score (nSPS) is 11.1. The zero-order valence-corrected chi connectivity index (χ0v) is 16.6. The van der Waals surface area contributed by atoms with Crippen molar-refractivity contribution in [1.29, 1.82) is 0 Å². The topological polar surface area (TPSA) is 70.9 Å². The number of rotatable bonds is 5. The number of benzene rings is 2. The molecule has 2 aromatic carbocycles. The fourth-order valence-electron chi connectivity index (χ4n) is 3.23. The number of nitrogens with zero attached hydrogens (tertiary/aromatic N) is 1. The van der Waals surface area contributed by atoms with Crippen LogP contribution in [0.5, 0.6) is 0 Å². The van der Waals surface area contributed by atoms with Crippen LogP contribution in [0.25, 0.3) is 22.2 Å². The van der Waals surface area contributed by atoms with Gasteiger partial charge in [-0.2, -0.15) is 0 Å². The molecule has 4 aromatic rings. The lowest BCUT2D eigenvalue weighted by molar-refractivity contribution is 0.0953. The minimum absolute atomic E-state index is 0.244. The number of H-pyrrole nitrogens is 1. The molecule has 0 aliphatic carbocycles. The number of hydrogen-bond donors (Lipinski definition) is 2. The Morgan fingerprint density at radius 2 is 2.04 bits per heavy atom. The summed E-state index contributed by atoms with van der Waals surface area (Å²) in [5, 5.41) is 9.23. The Kier molecular flexibility index (Phi) is 5.11. The molecule has 0 radical (unpaired) electrons. The smallest absolute Gasteiger partial charge is 0.257 e. The number of aromatic amines is 1. The first-order valence-electron chi connectivity index (χ1n) is 8.79. The zero-order chi connectivity index (χ0) is 19.7. The highest BCUT2D eigenvalue weighted by molar-refractivity contribution is 6.33. The predicted octanol–water partition coefficient (Wildman–Crippen LogP) is 5.41. The van der Waals surface area contributed by atoms with Crippen LogP contribution in [0.4, 0.5) is 0 Å². The van der Waals surface area contributed by atoms with Gasteiger partial charge in [0.15, 0.2) is 0 Å². The van der Waals surface area contributed by atoms with Crippen molar-refractivity contribution in [2.45, 2.75) is 13.3 Å². The Balaban J connectivity index is 1.51. The van der Waals surface area contributed by atoms with Crippen molar-refractivity contribution in [2.75, 3.05) is 6.54 Å². The van der Waals surface area contributed by atoms with E-state index in [4.69, 9.17) is 27.7 Å². The maximum atomic E-state index is 12.8. The molecule has 7 heteroatoms. The van der Waals surface area contributed by atoms with Crippen LogP contribution in [-0.2, 0) is 6.42 Å². The number of amides is 1. The van der Waals surface area contributed by atoms with Gasteiger partial charge in [0.25, 0.3) is 5.91 Å². The van der Waals surface area contributed by atoms with E-state index in [9.17, 15) is 4.79 Å². The number of halogens is 2. The van der Waals surface area contributed by atoms with E-state index in [-0.39, 0.29) is 5.91 Å². The minimum Gasteiger partial charge on any atom is -0.361 e. The standard InChI is InChI=1S/C21H17Cl2N3O2/c1-12-19(20(26-28-12)15-4-2-3-5-17(15)23)21(27)24-9-8-13-11-25-18-7-6-14(22)10-16(13)18/h2-7,10-11,25H,8-9H2,1H3,(H,24,27). The van der Waals surface area contributed by atoms with Crippen LogP contribution in [0.3, 0.4) is 0 Å². The van der Waals surface area contributed by atoms with Crippen LogP contribution in [0.1, 0.15) is 21.7 Å². The van der Waals surface area contributed by atoms with Gasteiger partial charge < -0.3 is 14.8 Å². The van der Waals surface area contributed by atoms with Gasteiger partial charge in [-0.3, -0.25) is 4.79 Å². The molecule has 0 spiro atoms. The van der Waals surface area contributed by atoms with Crippen LogP contribution >= 0.6 is 23.2 Å². The van der Waals surface area contributed by atoms with Crippen molar-refractivity contribution >= 4 is 40.0 Å². The summed E-state index contributed by atoms with van der Waals surface area (Å²) in [7, 11) is 0. The first-order chi connectivity index (χ1) is 13.5. The highest BCUT2D eigenvalue weighted by Gasteiger charge is 2.22. The van der Waals surface area contributed by atoms with E-state index < -0.39 is 0 Å². The Bertz CT molecular complexity index is 1160. The molecule has 4 rings (SSSR count). The molecule has 0 saturated heterocycles. The van der Waals surface area contributed by atoms with Gasteiger partial charge in [0, 0.05) is 34.2 Å². The van der Waals surface area contributed by atoms with Crippen LogP contribution in [0.15, 0.2) is 53.2 Å². The van der Waals surface area contributed by atoms with Gasteiger partial charge in [0.1, 0.15) is 17.0 Å². The fraction of sp³-hybridized carbons (Fsp3) is 0.143. The second-order valence-corrected chi connectivity index (χ2v) is 7.30. The summed E-state index contributed by atoms with van der Waals surface area (Å²) in [6.07, 6.45) is 2.60. The molecule has 0 unspecified atom stereocenters. The van der Waals surface area contributed by atoms with Gasteiger partial charge in [-0.1, -0.05) is 46.6 Å². The summed E-state index contributed by atoms with van der Waals surface area (Å²) in [6, 6.07) is 12.9. The Hall–Kier alpha value is -2.76. The summed E-state index contributed by atoms with van der Waals surface area (Å²) in [5.41, 5.74) is 3.61. The van der Waals surface area contributed by atoms with E-state index in [0.29, 0.717) is 45.6 Å². The largest absolute Gasteiger partial charge is 0.361 e. The van der Waals surface area contributed by atoms with E-state index in [2.05, 4.69) is 15.5 Å². The molecule has 0 saturated carbocycles. The van der Waals surface area contributed by atoms with Gasteiger partial charge >= 0.3 is 0 Å². The van der Waals surface area contributed by atoms with Crippen molar-refractivity contribution < 1.29 is 9.32 Å². The van der Waals surface area contributed by atoms with E-state index >= 15 is 0 Å². The maximum Gasteiger partial charge on any atom is 0.257 e. The van der Waals surface area contributed by atoms with Crippen molar-refractivity contribution in [3.05, 3.63) is 75.6 Å². The summed E-state index contributed by atoms with van der Waals surface area (Å²) in [4.78, 5) is 16.0. The molecule has 28 heavy (non-hydrogen) atoms. The van der Waals surface area contributed by atoms with E-state index in [1.54, 1.807) is 13.0 Å². The minimum atomic E-state index is -0.244. The number of fused-ring (bicyclic) bond motifs is 1. The summed E-state index contributed by atoms with van der Waals surface area (Å²) >= 11 is 12.4. The summed E-state index contributed by atoms with van der Waals surface area (Å²) in [6.45, 7) is 2.18. The first kappa shape index (κ1) is 18.6. The predicted molar refractivity (Wildman–Crippen MR) is 111 cm³/mol. The van der Waals surface area contributed by atoms with Crippen LogP contribution in [0, 0.1) is 6.92 Å². The molecule has 0 bridgehead atoms.